The summed E-state index contributed by atoms with van der Waals surface area (Å²) in [5.74, 6) is -4.03. The number of aromatic nitrogens is 1. The van der Waals surface area contributed by atoms with Gasteiger partial charge in [0.2, 0.25) is 17.5 Å². The molecule has 0 spiro atoms. The van der Waals surface area contributed by atoms with Crippen LogP contribution in [0.15, 0.2) is 66.0 Å². The van der Waals surface area contributed by atoms with Crippen LogP contribution in [0.4, 0.5) is 9.93 Å². The molecule has 0 radical (unpaired) electrons. The number of carboxylic acids is 1. The smallest absolute Gasteiger partial charge is 0.321 e. The van der Waals surface area contributed by atoms with Crippen molar-refractivity contribution in [3.05, 3.63) is 82.9 Å². The van der Waals surface area contributed by atoms with Crippen molar-refractivity contribution in [1.82, 2.24) is 26.3 Å². The molecule has 5 amide bonds. The lowest BCUT2D eigenvalue weighted by Gasteiger charge is -2.37. The maximum absolute atomic E-state index is 13.3. The van der Waals surface area contributed by atoms with Crippen LogP contribution in [0.25, 0.3) is 0 Å². The number of urea groups is 1. The molecule has 1 heterocycles. The molecule has 1 unspecified atom stereocenters. The van der Waals surface area contributed by atoms with E-state index in [9.17, 15) is 33.9 Å². The number of aliphatic carboxylic acids is 1. The van der Waals surface area contributed by atoms with E-state index in [4.69, 9.17) is 4.74 Å². The number of ether oxygens (including phenoxy) is 1. The van der Waals surface area contributed by atoms with Gasteiger partial charge < -0.3 is 31.1 Å². The van der Waals surface area contributed by atoms with Crippen molar-refractivity contribution in [2.75, 3.05) is 11.9 Å². The number of thiazole rings is 1. The second kappa shape index (κ2) is 15.5. The maximum atomic E-state index is 13.3. The minimum atomic E-state index is -1.99. The fourth-order valence-electron chi connectivity index (χ4n) is 3.95. The molecule has 0 aliphatic heterocycles. The van der Waals surface area contributed by atoms with Gasteiger partial charge in [0.25, 0.3) is 5.91 Å². The molecule has 2 aromatic carbocycles. The molecule has 45 heavy (non-hydrogen) atoms. The molecule has 0 fully saturated rings. The lowest BCUT2D eigenvalue weighted by molar-refractivity contribution is -0.172. The number of anilines is 1. The minimum Gasteiger partial charge on any atom is -0.481 e. The van der Waals surface area contributed by atoms with Crippen molar-refractivity contribution in [3.63, 3.8) is 0 Å². The summed E-state index contributed by atoms with van der Waals surface area (Å²) in [7, 11) is 0. The van der Waals surface area contributed by atoms with Gasteiger partial charge in [-0.2, -0.15) is 0 Å². The van der Waals surface area contributed by atoms with Crippen LogP contribution in [0.1, 0.15) is 48.8 Å². The predicted octanol–water partition coefficient (Wildman–Crippen LogP) is 2.14. The molecule has 0 aliphatic rings. The molecular weight excluding hydrogens is 604 g/mol. The fourth-order valence-corrected chi connectivity index (χ4v) is 4.64. The Balaban J connectivity index is 1.59. The van der Waals surface area contributed by atoms with Gasteiger partial charge in [-0.25, -0.2) is 9.78 Å². The quantitative estimate of drug-likeness (QED) is 0.113. The molecule has 0 saturated heterocycles. The highest BCUT2D eigenvalue weighted by molar-refractivity contribution is 7.14. The molecule has 3 aromatic rings. The number of benzene rings is 2. The summed E-state index contributed by atoms with van der Waals surface area (Å²) in [5.41, 5.74) is -1.81. The van der Waals surface area contributed by atoms with E-state index in [-0.39, 0.29) is 22.9 Å². The van der Waals surface area contributed by atoms with Crippen LogP contribution in [-0.4, -0.2) is 64.3 Å². The molecule has 14 nitrogen and oxygen atoms in total. The zero-order valence-corrected chi connectivity index (χ0v) is 25.6. The van der Waals surface area contributed by atoms with E-state index in [2.05, 4.69) is 31.6 Å². The standard InChI is InChI=1S/C30H34N6O8S/c1-29(2,3)44-30(18-37,20-12-8-5-9-13-20)36-26(42)21(14-24(39)40)33-23(38)16-31-25(41)22-17-45-28(34-22)35-27(43)32-15-19-10-6-4-7-11-19/h4-13,17-18,21H,14-16H2,1-3H3,(H,31,41)(H,33,38)(H,36,42)(H,39,40)(H2,32,34,35,43)/t21-,30?/m0/s1. The van der Waals surface area contributed by atoms with Crippen molar-refractivity contribution in [2.24, 2.45) is 0 Å². The molecule has 238 valence electrons. The zero-order valence-electron chi connectivity index (χ0n) is 24.8. The Bertz CT molecular complexity index is 1510. The monoisotopic (exact) mass is 638 g/mol. The van der Waals surface area contributed by atoms with E-state index < -0.39 is 60.1 Å². The minimum absolute atomic E-state index is 0.0797. The summed E-state index contributed by atoms with van der Waals surface area (Å²) in [6.45, 7) is 4.66. The third kappa shape index (κ3) is 10.8. The van der Waals surface area contributed by atoms with E-state index in [0.717, 1.165) is 16.9 Å². The van der Waals surface area contributed by atoms with Gasteiger partial charge in [0.05, 0.1) is 18.6 Å². The highest BCUT2D eigenvalue weighted by Gasteiger charge is 2.41. The third-order valence-corrected chi connectivity index (χ3v) is 6.60. The van der Waals surface area contributed by atoms with E-state index >= 15 is 0 Å². The van der Waals surface area contributed by atoms with Crippen LogP contribution in [0.5, 0.6) is 0 Å². The summed E-state index contributed by atoms with van der Waals surface area (Å²) < 4.78 is 5.93. The largest absolute Gasteiger partial charge is 0.481 e. The fraction of sp³-hybridized carbons (Fsp3) is 0.300. The summed E-state index contributed by atoms with van der Waals surface area (Å²) in [6, 6.07) is 15.2. The van der Waals surface area contributed by atoms with Crippen LogP contribution >= 0.6 is 11.3 Å². The Morgan fingerprint density at radius 1 is 0.978 bits per heavy atom. The number of carbonyl (C=O) groups excluding carboxylic acids is 5. The van der Waals surface area contributed by atoms with Crippen LogP contribution in [-0.2, 0) is 36.2 Å². The third-order valence-electron chi connectivity index (χ3n) is 5.84. The van der Waals surface area contributed by atoms with Gasteiger partial charge in [-0.05, 0) is 26.3 Å². The average molecular weight is 639 g/mol. The van der Waals surface area contributed by atoms with Crippen LogP contribution in [0.3, 0.4) is 0 Å². The molecule has 0 aliphatic carbocycles. The summed E-state index contributed by atoms with van der Waals surface area (Å²) in [6.07, 6.45) is -0.437. The molecule has 0 saturated carbocycles. The number of hydrogen-bond acceptors (Lipinski definition) is 9. The van der Waals surface area contributed by atoms with E-state index in [1.807, 2.05) is 30.3 Å². The number of carbonyl (C=O) groups is 6. The van der Waals surface area contributed by atoms with E-state index in [1.165, 1.54) is 5.38 Å². The number of nitrogens with one attached hydrogen (secondary N) is 5. The first-order valence-corrected chi connectivity index (χ1v) is 14.6. The number of nitrogens with zero attached hydrogens (tertiary/aromatic N) is 1. The first kappa shape index (κ1) is 34.3. The van der Waals surface area contributed by atoms with Gasteiger partial charge in [-0.3, -0.25) is 29.3 Å². The number of aldehydes is 1. The van der Waals surface area contributed by atoms with E-state index in [1.54, 1.807) is 51.1 Å². The molecule has 6 N–H and O–H groups in total. The molecule has 1 aromatic heterocycles. The van der Waals surface area contributed by atoms with Crippen LogP contribution < -0.4 is 26.6 Å². The number of amides is 5. The number of carboxylic acid groups (broad SMARTS) is 1. The lowest BCUT2D eigenvalue weighted by atomic mass is 10.0. The van der Waals surface area contributed by atoms with Crippen molar-refractivity contribution < 1.29 is 38.6 Å². The highest BCUT2D eigenvalue weighted by Crippen LogP contribution is 2.27. The zero-order chi connectivity index (χ0) is 33.0. The molecule has 0 bridgehead atoms. The van der Waals surface area contributed by atoms with Gasteiger partial charge in [0, 0.05) is 17.5 Å². The Hall–Kier alpha value is -5.15. The predicted molar refractivity (Wildman–Crippen MR) is 164 cm³/mol. The number of hydrogen-bond donors (Lipinski definition) is 6. The Kier molecular flexibility index (Phi) is 11.9. The summed E-state index contributed by atoms with van der Waals surface area (Å²) >= 11 is 0.990. The van der Waals surface area contributed by atoms with Crippen molar-refractivity contribution in [3.8, 4) is 0 Å². The maximum Gasteiger partial charge on any atom is 0.321 e. The van der Waals surface area contributed by atoms with Crippen molar-refractivity contribution in [1.29, 1.82) is 0 Å². The first-order chi connectivity index (χ1) is 21.3. The first-order valence-electron chi connectivity index (χ1n) is 13.7. The van der Waals surface area contributed by atoms with Crippen molar-refractivity contribution in [2.45, 2.75) is 51.1 Å². The van der Waals surface area contributed by atoms with Crippen LogP contribution in [0, 0.1) is 0 Å². The molecule has 3 rings (SSSR count). The average Bonchev–Trinajstić information content (AvgIpc) is 3.46. The second-order valence-corrected chi connectivity index (χ2v) is 11.5. The van der Waals surface area contributed by atoms with Crippen molar-refractivity contribution >= 4 is 52.5 Å². The summed E-state index contributed by atoms with van der Waals surface area (Å²) in [5, 5.41) is 23.1. The second-order valence-electron chi connectivity index (χ2n) is 10.7. The number of rotatable bonds is 14. The Labute approximate surface area is 263 Å². The van der Waals surface area contributed by atoms with Gasteiger partial charge >= 0.3 is 12.0 Å². The van der Waals surface area contributed by atoms with Crippen LogP contribution in [0.2, 0.25) is 0 Å². The van der Waals surface area contributed by atoms with Gasteiger partial charge in [0.15, 0.2) is 11.4 Å². The Morgan fingerprint density at radius 3 is 2.22 bits per heavy atom. The molecule has 15 heteroatoms. The molecular formula is C30H34N6O8S. The molecule has 2 atom stereocenters. The lowest BCUT2D eigenvalue weighted by Crippen LogP contribution is -2.58. The highest BCUT2D eigenvalue weighted by atomic mass is 32.1. The topological polar surface area (TPSA) is 205 Å². The van der Waals surface area contributed by atoms with Gasteiger partial charge in [0.1, 0.15) is 11.7 Å². The summed E-state index contributed by atoms with van der Waals surface area (Å²) in [4.78, 5) is 78.6. The van der Waals surface area contributed by atoms with E-state index in [0.29, 0.717) is 6.29 Å². The Morgan fingerprint density at radius 2 is 1.62 bits per heavy atom. The van der Waals surface area contributed by atoms with Gasteiger partial charge in [-0.1, -0.05) is 60.7 Å². The normalized spacial score (nSPS) is 13.0. The SMILES string of the molecule is CC(C)(C)OC(C=O)(NC(=O)[C@H](CC(=O)O)NC(=O)CNC(=O)c1csc(NC(=O)NCc2ccccc2)n1)c1ccccc1. The van der Waals surface area contributed by atoms with Gasteiger partial charge in [-0.15, -0.1) is 11.3 Å².